The molecule has 1 aliphatic rings. The van der Waals surface area contributed by atoms with Gasteiger partial charge >= 0.3 is 0 Å². The lowest BCUT2D eigenvalue weighted by Gasteiger charge is -2.22. The maximum Gasteiger partial charge on any atom is 0.153 e. The Morgan fingerprint density at radius 3 is 2.61 bits per heavy atom. The Labute approximate surface area is 108 Å². The van der Waals surface area contributed by atoms with Crippen LogP contribution in [0.1, 0.15) is 19.8 Å². The second-order valence-corrected chi connectivity index (χ2v) is 9.20. The molecule has 1 atom stereocenters. The van der Waals surface area contributed by atoms with Crippen LogP contribution in [0.5, 0.6) is 0 Å². The molecule has 0 radical (unpaired) electrons. The minimum absolute atomic E-state index is 0.0241. The van der Waals surface area contributed by atoms with Gasteiger partial charge in [0.1, 0.15) is 15.6 Å². The molecule has 18 heavy (non-hydrogen) atoms. The van der Waals surface area contributed by atoms with E-state index >= 15 is 0 Å². The van der Waals surface area contributed by atoms with Gasteiger partial charge in [-0.2, -0.15) is 0 Å². The van der Waals surface area contributed by atoms with Crippen LogP contribution in [0.25, 0.3) is 0 Å². The molecule has 0 aromatic heterocycles. The van der Waals surface area contributed by atoms with Gasteiger partial charge in [-0.3, -0.25) is 4.79 Å². The molecule has 0 aromatic carbocycles. The van der Waals surface area contributed by atoms with Gasteiger partial charge in [-0.15, -0.1) is 0 Å². The van der Waals surface area contributed by atoms with E-state index in [0.29, 0.717) is 6.54 Å². The average molecular weight is 297 g/mol. The standard InChI is InChI=1S/C10H19NO5S2/c1-2-17(13,14)5-3-10(12)7-9-8-18(15,16)6-4-11-9/h9,11H,2-8H2,1H3. The van der Waals surface area contributed by atoms with Crippen LogP contribution in [0.4, 0.5) is 0 Å². The molecule has 0 saturated carbocycles. The predicted molar refractivity (Wildman–Crippen MR) is 69.0 cm³/mol. The van der Waals surface area contributed by atoms with Crippen LogP contribution in [-0.2, 0) is 24.5 Å². The topological polar surface area (TPSA) is 97.4 Å². The van der Waals surface area contributed by atoms with Gasteiger partial charge in [0.2, 0.25) is 0 Å². The third-order valence-electron chi connectivity index (χ3n) is 2.91. The monoisotopic (exact) mass is 297 g/mol. The fourth-order valence-electron chi connectivity index (χ4n) is 1.79. The van der Waals surface area contributed by atoms with E-state index in [9.17, 15) is 21.6 Å². The largest absolute Gasteiger partial charge is 0.312 e. The van der Waals surface area contributed by atoms with E-state index in [1.165, 1.54) is 6.92 Å². The van der Waals surface area contributed by atoms with E-state index < -0.39 is 19.7 Å². The first kappa shape index (κ1) is 15.6. The van der Waals surface area contributed by atoms with Crippen molar-refractivity contribution < 1.29 is 21.6 Å². The summed E-state index contributed by atoms with van der Waals surface area (Å²) in [4.78, 5) is 11.6. The second-order valence-electron chi connectivity index (χ2n) is 4.49. The van der Waals surface area contributed by atoms with Crippen LogP contribution in [0, 0.1) is 0 Å². The molecule has 6 nitrogen and oxygen atoms in total. The van der Waals surface area contributed by atoms with Gasteiger partial charge < -0.3 is 5.32 Å². The summed E-state index contributed by atoms with van der Waals surface area (Å²) in [6.07, 6.45) is 0.0485. The molecule has 8 heteroatoms. The summed E-state index contributed by atoms with van der Waals surface area (Å²) >= 11 is 0. The van der Waals surface area contributed by atoms with Crippen molar-refractivity contribution in [2.45, 2.75) is 25.8 Å². The second kappa shape index (κ2) is 6.12. The lowest BCUT2D eigenvalue weighted by molar-refractivity contribution is -0.119. The maximum absolute atomic E-state index is 11.6. The van der Waals surface area contributed by atoms with Crippen LogP contribution in [0.2, 0.25) is 0 Å². The van der Waals surface area contributed by atoms with Crippen LogP contribution in [0.3, 0.4) is 0 Å². The molecule has 1 fully saturated rings. The quantitative estimate of drug-likeness (QED) is 0.686. The zero-order valence-electron chi connectivity index (χ0n) is 10.4. The number of sulfone groups is 2. The molecule has 0 bridgehead atoms. The van der Waals surface area contributed by atoms with Gasteiger partial charge in [0.15, 0.2) is 9.84 Å². The van der Waals surface area contributed by atoms with Crippen molar-refractivity contribution in [3.8, 4) is 0 Å². The number of ketones is 1. The van der Waals surface area contributed by atoms with E-state index in [1.54, 1.807) is 0 Å². The zero-order valence-corrected chi connectivity index (χ0v) is 12.0. The smallest absolute Gasteiger partial charge is 0.153 e. The number of hydrogen-bond acceptors (Lipinski definition) is 6. The first-order valence-corrected chi connectivity index (χ1v) is 9.54. The van der Waals surface area contributed by atoms with E-state index in [2.05, 4.69) is 5.32 Å². The summed E-state index contributed by atoms with van der Waals surface area (Å²) in [6.45, 7) is 1.89. The van der Waals surface area contributed by atoms with Gasteiger partial charge in [-0.1, -0.05) is 6.92 Å². The number of nitrogens with one attached hydrogen (secondary N) is 1. The Morgan fingerprint density at radius 1 is 1.39 bits per heavy atom. The number of hydrogen-bond donors (Lipinski definition) is 1. The van der Waals surface area contributed by atoms with Gasteiger partial charge in [0, 0.05) is 31.2 Å². The molecule has 1 heterocycles. The Hall–Kier alpha value is -0.470. The van der Waals surface area contributed by atoms with Crippen molar-refractivity contribution >= 4 is 25.5 Å². The highest BCUT2D eigenvalue weighted by atomic mass is 32.2. The Kier molecular flexibility index (Phi) is 5.30. The Bertz CT molecular complexity index is 494. The third-order valence-corrected chi connectivity index (χ3v) is 6.35. The first-order valence-electron chi connectivity index (χ1n) is 5.90. The summed E-state index contributed by atoms with van der Waals surface area (Å²) < 4.78 is 45.2. The van der Waals surface area contributed by atoms with Gasteiger partial charge in [0.25, 0.3) is 0 Å². The van der Waals surface area contributed by atoms with Gasteiger partial charge in [0.05, 0.1) is 17.3 Å². The van der Waals surface area contributed by atoms with Crippen LogP contribution in [-0.4, -0.2) is 58.2 Å². The van der Waals surface area contributed by atoms with Crippen molar-refractivity contribution in [1.29, 1.82) is 0 Å². The van der Waals surface area contributed by atoms with Crippen LogP contribution < -0.4 is 5.32 Å². The molecule has 106 valence electrons. The average Bonchev–Trinajstić information content (AvgIpc) is 2.25. The van der Waals surface area contributed by atoms with Crippen LogP contribution in [0.15, 0.2) is 0 Å². The molecule has 1 unspecified atom stereocenters. The van der Waals surface area contributed by atoms with Crippen molar-refractivity contribution in [1.82, 2.24) is 5.32 Å². The molecule has 1 rings (SSSR count). The molecule has 0 amide bonds. The normalized spacial score (nSPS) is 23.7. The fraction of sp³-hybridized carbons (Fsp3) is 0.900. The molecule has 1 N–H and O–H groups in total. The van der Waals surface area contributed by atoms with E-state index in [4.69, 9.17) is 0 Å². The molecule has 0 aromatic rings. The number of carbonyl (C=O) groups excluding carboxylic acids is 1. The summed E-state index contributed by atoms with van der Waals surface area (Å²) in [5, 5.41) is 2.97. The SMILES string of the molecule is CCS(=O)(=O)CCC(=O)CC1CS(=O)(=O)CCN1. The Morgan fingerprint density at radius 2 is 2.06 bits per heavy atom. The van der Waals surface area contributed by atoms with Crippen molar-refractivity contribution in [3.63, 3.8) is 0 Å². The summed E-state index contributed by atoms with van der Waals surface area (Å²) in [5.41, 5.74) is 0. The minimum atomic E-state index is -3.14. The van der Waals surface area contributed by atoms with E-state index in [0.717, 1.165) is 0 Å². The minimum Gasteiger partial charge on any atom is -0.312 e. The molecular formula is C10H19NO5S2. The molecular weight excluding hydrogens is 278 g/mol. The first-order chi connectivity index (χ1) is 8.24. The third kappa shape index (κ3) is 5.45. The molecule has 0 aliphatic carbocycles. The highest BCUT2D eigenvalue weighted by Crippen LogP contribution is 2.07. The van der Waals surface area contributed by atoms with E-state index in [-0.39, 0.29) is 47.7 Å². The molecule has 0 spiro atoms. The summed E-state index contributed by atoms with van der Waals surface area (Å²) in [5.74, 6) is -0.277. The predicted octanol–water partition coefficient (Wildman–Crippen LogP) is -0.843. The number of rotatable bonds is 6. The number of Topliss-reactive ketones (excluding diaryl/α,β-unsaturated/α-hetero) is 1. The lowest BCUT2D eigenvalue weighted by Crippen LogP contribution is -2.46. The van der Waals surface area contributed by atoms with Crippen molar-refractivity contribution in [3.05, 3.63) is 0 Å². The highest BCUT2D eigenvalue weighted by molar-refractivity contribution is 7.91. The van der Waals surface area contributed by atoms with E-state index in [1.807, 2.05) is 0 Å². The zero-order chi connectivity index (χ0) is 13.8. The van der Waals surface area contributed by atoms with Gasteiger partial charge in [-0.25, -0.2) is 16.8 Å². The van der Waals surface area contributed by atoms with Gasteiger partial charge in [-0.05, 0) is 0 Å². The lowest BCUT2D eigenvalue weighted by atomic mass is 10.1. The fourth-order valence-corrected chi connectivity index (χ4v) is 4.06. The maximum atomic E-state index is 11.6. The molecule has 1 aliphatic heterocycles. The van der Waals surface area contributed by atoms with Crippen molar-refractivity contribution in [2.24, 2.45) is 0 Å². The van der Waals surface area contributed by atoms with Crippen molar-refractivity contribution in [2.75, 3.05) is 29.6 Å². The molecule has 1 saturated heterocycles. The summed E-state index contributed by atoms with van der Waals surface area (Å²) in [7, 11) is -6.20. The van der Waals surface area contributed by atoms with Crippen LogP contribution >= 0.6 is 0 Å². The highest BCUT2D eigenvalue weighted by Gasteiger charge is 2.26. The summed E-state index contributed by atoms with van der Waals surface area (Å²) in [6, 6.07) is -0.374. The Balaban J connectivity index is 2.41. The number of carbonyl (C=O) groups is 1.